The van der Waals surface area contributed by atoms with E-state index in [2.05, 4.69) is 21.2 Å². The number of benzene rings is 2. The third-order valence-electron chi connectivity index (χ3n) is 4.85. The van der Waals surface area contributed by atoms with Crippen molar-refractivity contribution in [2.24, 2.45) is 5.10 Å². The lowest BCUT2D eigenvalue weighted by Gasteiger charge is -2.28. The van der Waals surface area contributed by atoms with Gasteiger partial charge in [0.05, 0.1) is 32.0 Å². The molecule has 1 aliphatic rings. The van der Waals surface area contributed by atoms with Gasteiger partial charge in [-0.15, -0.1) is 0 Å². The van der Waals surface area contributed by atoms with Crippen LogP contribution in [0.3, 0.4) is 0 Å². The summed E-state index contributed by atoms with van der Waals surface area (Å²) in [5.41, 5.74) is 4.22. The van der Waals surface area contributed by atoms with Crippen LogP contribution in [0.15, 0.2) is 58.8 Å². The van der Waals surface area contributed by atoms with Crippen LogP contribution < -0.4 is 25.5 Å². The number of hydrazone groups is 1. The third-order valence-corrected chi connectivity index (χ3v) is 4.85. The number of amides is 3. The summed E-state index contributed by atoms with van der Waals surface area (Å²) in [6.07, 6.45) is 1.43. The number of hydrogen-bond acceptors (Lipinski definition) is 8. The lowest BCUT2D eigenvalue weighted by atomic mass is 9.95. The Balaban J connectivity index is 1.68. The summed E-state index contributed by atoms with van der Waals surface area (Å²) in [4.78, 5) is 36.3. The molecule has 0 aromatic heterocycles. The molecule has 0 aliphatic carbocycles. The largest absolute Gasteiger partial charge is 0.508 e. The molecule has 178 valence electrons. The second-order valence-corrected chi connectivity index (χ2v) is 7.15. The molecule has 2 aromatic carbocycles. The number of allylic oxidation sites excluding steroid dienone is 1. The van der Waals surface area contributed by atoms with Crippen molar-refractivity contribution in [3.05, 3.63) is 64.9 Å². The van der Waals surface area contributed by atoms with Crippen molar-refractivity contribution in [1.82, 2.24) is 16.1 Å². The van der Waals surface area contributed by atoms with Crippen molar-refractivity contribution in [3.8, 4) is 17.2 Å². The molecule has 2 aromatic rings. The van der Waals surface area contributed by atoms with E-state index in [9.17, 15) is 19.5 Å². The first kappa shape index (κ1) is 24.1. The number of esters is 1. The maximum atomic E-state index is 12.3. The first-order chi connectivity index (χ1) is 16.3. The Hall–Kier alpha value is -4.54. The number of phenols is 1. The smallest absolute Gasteiger partial charge is 0.337 e. The molecule has 1 atom stereocenters. The maximum Gasteiger partial charge on any atom is 0.337 e. The zero-order chi connectivity index (χ0) is 24.7. The highest BCUT2D eigenvalue weighted by Crippen LogP contribution is 2.34. The number of carbonyl (C=O) groups is 3. The Bertz CT molecular complexity index is 1140. The average Bonchev–Trinajstić information content (AvgIpc) is 2.83. The topological polar surface area (TPSA) is 148 Å². The minimum absolute atomic E-state index is 0.129. The molecule has 3 amide bonds. The van der Waals surface area contributed by atoms with Crippen molar-refractivity contribution >= 4 is 24.1 Å². The van der Waals surface area contributed by atoms with Gasteiger partial charge in [-0.05, 0) is 54.4 Å². The third kappa shape index (κ3) is 5.82. The van der Waals surface area contributed by atoms with Gasteiger partial charge in [0.15, 0.2) is 18.1 Å². The number of phenolic OH excluding ortho intramolecular Hbond substituents is 1. The number of methoxy groups -OCH3 is 2. The van der Waals surface area contributed by atoms with Crippen molar-refractivity contribution in [1.29, 1.82) is 0 Å². The number of carbonyl (C=O) groups excluding carboxylic acids is 3. The minimum Gasteiger partial charge on any atom is -0.508 e. The number of hydrogen-bond donors (Lipinski definition) is 4. The van der Waals surface area contributed by atoms with E-state index in [0.29, 0.717) is 22.6 Å². The van der Waals surface area contributed by atoms with Gasteiger partial charge in [-0.2, -0.15) is 5.10 Å². The first-order valence-electron chi connectivity index (χ1n) is 10.1. The Labute approximate surface area is 195 Å². The van der Waals surface area contributed by atoms with Crippen LogP contribution in [-0.4, -0.2) is 50.1 Å². The molecule has 0 radical (unpaired) electrons. The summed E-state index contributed by atoms with van der Waals surface area (Å²) >= 11 is 0. The Morgan fingerprint density at radius 1 is 1.15 bits per heavy atom. The second kappa shape index (κ2) is 10.9. The molecule has 0 saturated carbocycles. The van der Waals surface area contributed by atoms with Crippen LogP contribution in [0.1, 0.15) is 24.1 Å². The van der Waals surface area contributed by atoms with Crippen LogP contribution in [0.4, 0.5) is 4.79 Å². The van der Waals surface area contributed by atoms with Gasteiger partial charge >= 0.3 is 12.0 Å². The van der Waals surface area contributed by atoms with Gasteiger partial charge in [-0.1, -0.05) is 6.07 Å². The van der Waals surface area contributed by atoms with Gasteiger partial charge < -0.3 is 30.0 Å². The summed E-state index contributed by atoms with van der Waals surface area (Å²) in [5, 5.41) is 18.3. The molecule has 0 spiro atoms. The van der Waals surface area contributed by atoms with E-state index < -0.39 is 23.9 Å². The molecule has 11 nitrogen and oxygen atoms in total. The summed E-state index contributed by atoms with van der Waals surface area (Å²) in [6, 6.07) is 9.88. The number of ether oxygens (including phenoxy) is 3. The standard InChI is InChI=1S/C23H24N4O7/c1-13-20(22(30)33-3)21(26-23(31)25-13)15-6-9-17(18(10-15)32-2)34-12-19(29)27-24-11-14-4-7-16(28)8-5-14/h4-11,21,28H,12H2,1-3H3,(H,27,29)(H2,25,26,31)/b24-11-/t21-/m1/s1. The van der Waals surface area contributed by atoms with Crippen molar-refractivity contribution < 1.29 is 33.7 Å². The fourth-order valence-electron chi connectivity index (χ4n) is 3.22. The van der Waals surface area contributed by atoms with Gasteiger partial charge in [-0.3, -0.25) is 4.79 Å². The van der Waals surface area contributed by atoms with E-state index in [1.54, 1.807) is 37.3 Å². The highest BCUT2D eigenvalue weighted by Gasteiger charge is 2.32. The van der Waals surface area contributed by atoms with Gasteiger partial charge in [-0.25, -0.2) is 15.0 Å². The van der Waals surface area contributed by atoms with Crippen LogP contribution >= 0.6 is 0 Å². The summed E-state index contributed by atoms with van der Waals surface area (Å²) in [7, 11) is 2.69. The second-order valence-electron chi connectivity index (χ2n) is 7.15. The highest BCUT2D eigenvalue weighted by molar-refractivity contribution is 5.95. The molecule has 4 N–H and O–H groups in total. The average molecular weight is 468 g/mol. The van der Waals surface area contributed by atoms with E-state index >= 15 is 0 Å². The highest BCUT2D eigenvalue weighted by atomic mass is 16.5. The number of rotatable bonds is 8. The number of nitrogens with zero attached hydrogens (tertiary/aromatic N) is 1. The molecule has 1 heterocycles. The fourth-order valence-corrected chi connectivity index (χ4v) is 3.22. The predicted octanol–water partition coefficient (Wildman–Crippen LogP) is 1.73. The van der Waals surface area contributed by atoms with Crippen LogP contribution in [0.2, 0.25) is 0 Å². The Morgan fingerprint density at radius 2 is 1.88 bits per heavy atom. The molecule has 0 saturated heterocycles. The van der Waals surface area contributed by atoms with Crippen LogP contribution in [0, 0.1) is 0 Å². The summed E-state index contributed by atoms with van der Waals surface area (Å²) < 4.78 is 15.8. The Kier molecular flexibility index (Phi) is 7.70. The molecule has 1 aliphatic heterocycles. The van der Waals surface area contributed by atoms with Crippen molar-refractivity contribution in [2.75, 3.05) is 20.8 Å². The minimum atomic E-state index is -0.762. The lowest BCUT2D eigenvalue weighted by molar-refractivity contribution is -0.136. The number of urea groups is 1. The van der Waals surface area contributed by atoms with E-state index in [4.69, 9.17) is 14.2 Å². The normalized spacial score (nSPS) is 15.4. The van der Waals surface area contributed by atoms with E-state index in [0.717, 1.165) is 0 Å². The van der Waals surface area contributed by atoms with E-state index in [-0.39, 0.29) is 23.7 Å². The molecule has 0 fully saturated rings. The van der Waals surface area contributed by atoms with E-state index in [1.165, 1.54) is 32.6 Å². The molecule has 11 heteroatoms. The monoisotopic (exact) mass is 468 g/mol. The number of nitrogens with one attached hydrogen (secondary N) is 3. The molecular weight excluding hydrogens is 444 g/mol. The summed E-state index contributed by atoms with van der Waals surface area (Å²) in [5.74, 6) is -0.376. The van der Waals surface area contributed by atoms with E-state index in [1.807, 2.05) is 0 Å². The van der Waals surface area contributed by atoms with Gasteiger partial charge in [0.1, 0.15) is 5.75 Å². The molecule has 0 bridgehead atoms. The van der Waals surface area contributed by atoms with Crippen molar-refractivity contribution in [2.45, 2.75) is 13.0 Å². The predicted molar refractivity (Wildman–Crippen MR) is 121 cm³/mol. The number of aromatic hydroxyl groups is 1. The van der Waals surface area contributed by atoms with Gasteiger partial charge in [0.2, 0.25) is 0 Å². The fraction of sp³-hybridized carbons (Fsp3) is 0.217. The molecule has 3 rings (SSSR count). The maximum absolute atomic E-state index is 12.3. The SMILES string of the molecule is COC(=O)C1=C(C)NC(=O)N[C@@H]1c1ccc(OCC(=O)N/N=C\c2ccc(O)cc2)c(OC)c1. The molecule has 0 unspecified atom stereocenters. The first-order valence-corrected chi connectivity index (χ1v) is 10.1. The van der Waals surface area contributed by atoms with Gasteiger partial charge in [0, 0.05) is 5.70 Å². The van der Waals surface area contributed by atoms with Crippen molar-refractivity contribution in [3.63, 3.8) is 0 Å². The van der Waals surface area contributed by atoms with Gasteiger partial charge in [0.25, 0.3) is 5.91 Å². The Morgan fingerprint density at radius 3 is 2.56 bits per heavy atom. The lowest BCUT2D eigenvalue weighted by Crippen LogP contribution is -2.45. The zero-order valence-corrected chi connectivity index (χ0v) is 18.7. The van der Waals surface area contributed by atoms with Crippen LogP contribution in [0.5, 0.6) is 17.2 Å². The quantitative estimate of drug-likeness (QED) is 0.262. The zero-order valence-electron chi connectivity index (χ0n) is 18.7. The van der Waals surface area contributed by atoms with Crippen LogP contribution in [-0.2, 0) is 14.3 Å². The molecular formula is C23H24N4O7. The summed E-state index contributed by atoms with van der Waals surface area (Å²) in [6.45, 7) is 1.27. The van der Waals surface area contributed by atoms with Crippen LogP contribution in [0.25, 0.3) is 0 Å². The molecule has 34 heavy (non-hydrogen) atoms.